The summed E-state index contributed by atoms with van der Waals surface area (Å²) in [6.45, 7) is 0. The van der Waals surface area contributed by atoms with Gasteiger partial charge >= 0.3 is 0 Å². The molecule has 2 saturated carbocycles. The second-order valence-corrected chi connectivity index (χ2v) is 6.48. The summed E-state index contributed by atoms with van der Waals surface area (Å²) in [5.74, 6) is 1.89. The minimum atomic E-state index is -0.725. The van der Waals surface area contributed by atoms with Crippen molar-refractivity contribution in [3.05, 3.63) is 12.3 Å². The van der Waals surface area contributed by atoms with Crippen molar-refractivity contribution in [2.24, 2.45) is 16.8 Å². The van der Waals surface area contributed by atoms with E-state index in [-0.39, 0.29) is 11.4 Å². The number of amides is 1. The monoisotopic (exact) mass is 276 g/mol. The summed E-state index contributed by atoms with van der Waals surface area (Å²) in [5, 5.41) is 16.4. The topological polar surface area (TPSA) is 77.0 Å². The maximum Gasteiger partial charge on any atom is 0.220 e. The molecule has 2 aliphatic carbocycles. The molecule has 2 bridgehead atoms. The average molecular weight is 276 g/mol. The second kappa shape index (κ2) is 3.97. The summed E-state index contributed by atoms with van der Waals surface area (Å²) in [4.78, 5) is 17.7. The largest absolute Gasteiger partial charge is 0.356 e. The molecule has 6 nitrogen and oxygen atoms in total. The summed E-state index contributed by atoms with van der Waals surface area (Å²) in [5.41, 5.74) is 0.0113. The van der Waals surface area contributed by atoms with Gasteiger partial charge in [0, 0.05) is 37.2 Å². The fraction of sp³-hybridized carbons (Fsp3) is 0.714. The van der Waals surface area contributed by atoms with E-state index in [1.54, 1.807) is 7.05 Å². The first-order valence-electron chi connectivity index (χ1n) is 7.29. The first-order chi connectivity index (χ1) is 9.61. The number of hydrogen-bond acceptors (Lipinski definition) is 4. The lowest BCUT2D eigenvalue weighted by Gasteiger charge is -2.57. The van der Waals surface area contributed by atoms with Crippen molar-refractivity contribution in [1.82, 2.24) is 15.5 Å². The third kappa shape index (κ3) is 1.54. The number of carbonyl (C=O) groups excluding carboxylic acids is 1. The lowest BCUT2D eigenvalue weighted by atomic mass is 9.64. The van der Waals surface area contributed by atoms with Gasteiger partial charge in [-0.05, 0) is 31.3 Å². The maximum atomic E-state index is 11.7. The van der Waals surface area contributed by atoms with Crippen molar-refractivity contribution >= 4 is 11.7 Å². The third-order valence-corrected chi connectivity index (χ3v) is 5.44. The van der Waals surface area contributed by atoms with E-state index in [4.69, 9.17) is 0 Å². The maximum absolute atomic E-state index is 11.7. The summed E-state index contributed by atoms with van der Waals surface area (Å²) in [6, 6.07) is 0.301. The standard InChI is InChI=1S/C14H20N4O2/c1-15-11-2-3-18(13(20)16-11)10-7-14-6-8(4-9(10)14)5-12(19)17-14/h2-3,8-10,13,20H,4-7H2,1H3,(H,15,16)(H,17,19)/t8-,9?,10-,13?,14?/m1/s1. The molecule has 2 heterocycles. The van der Waals surface area contributed by atoms with Crippen LogP contribution in [0.15, 0.2) is 17.3 Å². The molecule has 0 aromatic rings. The zero-order valence-electron chi connectivity index (χ0n) is 11.5. The normalized spacial score (nSPS) is 47.6. The van der Waals surface area contributed by atoms with Gasteiger partial charge in [-0.2, -0.15) is 0 Å². The molecule has 6 heteroatoms. The fourth-order valence-electron chi connectivity index (χ4n) is 4.63. The Balaban J connectivity index is 1.54. The predicted octanol–water partition coefficient (Wildman–Crippen LogP) is -0.233. The van der Waals surface area contributed by atoms with Crippen LogP contribution in [0.4, 0.5) is 0 Å². The minimum absolute atomic E-state index is 0.0113. The molecule has 1 spiro atoms. The SMILES string of the molecule is CN=C1C=CN([C@@H]2CC34C[C@@H](CC(=O)N3)CC24)C(O)N1. The summed E-state index contributed by atoms with van der Waals surface area (Å²) in [7, 11) is 1.70. The van der Waals surface area contributed by atoms with Gasteiger partial charge in [0.25, 0.3) is 0 Å². The number of hydrogen-bond donors (Lipinski definition) is 3. The van der Waals surface area contributed by atoms with E-state index in [1.807, 2.05) is 17.2 Å². The Bertz CT molecular complexity index is 517. The van der Waals surface area contributed by atoms with Crippen LogP contribution < -0.4 is 10.6 Å². The number of nitrogens with zero attached hydrogens (tertiary/aromatic N) is 2. The smallest absolute Gasteiger partial charge is 0.220 e. The van der Waals surface area contributed by atoms with E-state index in [2.05, 4.69) is 15.6 Å². The van der Waals surface area contributed by atoms with Gasteiger partial charge in [0.1, 0.15) is 5.84 Å². The molecule has 108 valence electrons. The van der Waals surface area contributed by atoms with Crippen LogP contribution in [0.3, 0.4) is 0 Å². The Morgan fingerprint density at radius 1 is 1.50 bits per heavy atom. The highest BCUT2D eigenvalue weighted by atomic mass is 16.3. The van der Waals surface area contributed by atoms with Gasteiger partial charge in [-0.1, -0.05) is 0 Å². The van der Waals surface area contributed by atoms with Crippen LogP contribution in [0, 0.1) is 11.8 Å². The molecular formula is C14H20N4O2. The lowest BCUT2D eigenvalue weighted by molar-refractivity contribution is -0.131. The highest BCUT2D eigenvalue weighted by Gasteiger charge is 2.63. The van der Waals surface area contributed by atoms with E-state index < -0.39 is 6.35 Å². The summed E-state index contributed by atoms with van der Waals surface area (Å²) >= 11 is 0. The van der Waals surface area contributed by atoms with E-state index in [9.17, 15) is 9.90 Å². The molecule has 4 aliphatic rings. The first-order valence-corrected chi connectivity index (χ1v) is 7.29. The molecule has 2 aliphatic heterocycles. The van der Waals surface area contributed by atoms with Crippen molar-refractivity contribution in [2.45, 2.75) is 43.6 Å². The van der Waals surface area contributed by atoms with E-state index in [0.29, 0.717) is 30.1 Å². The van der Waals surface area contributed by atoms with E-state index in [0.717, 1.165) is 19.3 Å². The van der Waals surface area contributed by atoms with Crippen LogP contribution in [0.2, 0.25) is 0 Å². The van der Waals surface area contributed by atoms with Gasteiger partial charge in [-0.25, -0.2) is 0 Å². The molecule has 4 rings (SSSR count). The molecule has 1 amide bonds. The zero-order valence-corrected chi connectivity index (χ0v) is 11.5. The average Bonchev–Trinajstić information content (AvgIpc) is 2.61. The van der Waals surface area contributed by atoms with Crippen molar-refractivity contribution < 1.29 is 9.90 Å². The Hall–Kier alpha value is -1.56. The number of nitrogens with one attached hydrogen (secondary N) is 2. The quantitative estimate of drug-likeness (QED) is 0.618. The van der Waals surface area contributed by atoms with Gasteiger partial charge in [0.05, 0.1) is 0 Å². The van der Waals surface area contributed by atoms with Crippen LogP contribution >= 0.6 is 0 Å². The van der Waals surface area contributed by atoms with Crippen molar-refractivity contribution in [3.8, 4) is 0 Å². The van der Waals surface area contributed by atoms with Crippen LogP contribution in [0.5, 0.6) is 0 Å². The molecule has 5 atom stereocenters. The van der Waals surface area contributed by atoms with Crippen molar-refractivity contribution in [2.75, 3.05) is 7.05 Å². The van der Waals surface area contributed by atoms with E-state index in [1.165, 1.54) is 0 Å². The number of rotatable bonds is 1. The molecule has 0 aromatic heterocycles. The van der Waals surface area contributed by atoms with Gasteiger partial charge in [-0.15, -0.1) is 0 Å². The zero-order chi connectivity index (χ0) is 13.9. The fourth-order valence-corrected chi connectivity index (χ4v) is 4.63. The molecule has 1 saturated heterocycles. The van der Waals surface area contributed by atoms with Gasteiger partial charge in [0.2, 0.25) is 12.3 Å². The molecule has 3 fully saturated rings. The molecule has 20 heavy (non-hydrogen) atoms. The minimum Gasteiger partial charge on any atom is -0.356 e. The van der Waals surface area contributed by atoms with E-state index >= 15 is 0 Å². The summed E-state index contributed by atoms with van der Waals surface area (Å²) in [6.07, 6.45) is 6.90. The number of amidine groups is 1. The van der Waals surface area contributed by atoms with Crippen LogP contribution in [0.25, 0.3) is 0 Å². The Morgan fingerprint density at radius 3 is 3.10 bits per heavy atom. The lowest BCUT2D eigenvalue weighted by Crippen LogP contribution is -2.70. The van der Waals surface area contributed by atoms with Crippen LogP contribution in [-0.4, -0.2) is 46.7 Å². The number of carbonyl (C=O) groups is 1. The highest BCUT2D eigenvalue weighted by molar-refractivity contribution is 5.93. The second-order valence-electron chi connectivity index (χ2n) is 6.48. The number of aliphatic hydroxyl groups is 1. The first kappa shape index (κ1) is 12.2. The van der Waals surface area contributed by atoms with Crippen molar-refractivity contribution in [1.29, 1.82) is 0 Å². The predicted molar refractivity (Wildman–Crippen MR) is 73.6 cm³/mol. The van der Waals surface area contributed by atoms with Crippen LogP contribution in [-0.2, 0) is 4.79 Å². The number of aliphatic imine (C=N–C) groups is 1. The number of aliphatic hydroxyl groups excluding tert-OH is 1. The van der Waals surface area contributed by atoms with Gasteiger partial charge in [-0.3, -0.25) is 9.79 Å². The Kier molecular flexibility index (Phi) is 2.42. The Labute approximate surface area is 117 Å². The summed E-state index contributed by atoms with van der Waals surface area (Å²) < 4.78 is 0. The van der Waals surface area contributed by atoms with Gasteiger partial charge in [0.15, 0.2) is 0 Å². The highest BCUT2D eigenvalue weighted by Crippen LogP contribution is 2.57. The molecule has 3 N–H and O–H groups in total. The molecule has 0 radical (unpaired) electrons. The van der Waals surface area contributed by atoms with Crippen molar-refractivity contribution in [3.63, 3.8) is 0 Å². The van der Waals surface area contributed by atoms with Gasteiger partial charge < -0.3 is 20.6 Å². The van der Waals surface area contributed by atoms with Crippen LogP contribution in [0.1, 0.15) is 25.7 Å². The Morgan fingerprint density at radius 2 is 2.35 bits per heavy atom. The number of fused-ring (bicyclic) bond motifs is 1. The number of piperidine rings is 1. The molecular weight excluding hydrogens is 256 g/mol. The molecule has 0 aromatic carbocycles. The third-order valence-electron chi connectivity index (χ3n) is 5.44. The molecule has 3 unspecified atom stereocenters.